The van der Waals surface area contributed by atoms with E-state index in [4.69, 9.17) is 16.7 Å². The molecule has 108 valence electrons. The van der Waals surface area contributed by atoms with Crippen LogP contribution in [0.4, 0.5) is 17.6 Å². The predicted molar refractivity (Wildman–Crippen MR) is 63.7 cm³/mol. The molecular weight excluding hydrogens is 300 g/mol. The third kappa shape index (κ3) is 2.94. The molecule has 0 saturated carbocycles. The maximum absolute atomic E-state index is 12.8. The van der Waals surface area contributed by atoms with Crippen LogP contribution in [0.25, 0.3) is 0 Å². The van der Waals surface area contributed by atoms with Gasteiger partial charge in [-0.25, -0.2) is 9.07 Å². The number of rotatable bonds is 3. The first-order valence-electron chi connectivity index (χ1n) is 5.50. The number of aliphatic hydroxyl groups excluding tert-OH is 1. The molecule has 1 aromatic carbocycles. The Morgan fingerprint density at radius 2 is 1.80 bits per heavy atom. The van der Waals surface area contributed by atoms with Gasteiger partial charge in [0.15, 0.2) is 5.69 Å². The summed E-state index contributed by atoms with van der Waals surface area (Å²) in [4.78, 5) is 0. The summed E-state index contributed by atoms with van der Waals surface area (Å²) >= 11 is 5.78. The lowest BCUT2D eigenvalue weighted by molar-refractivity contribution is -0.142. The van der Waals surface area contributed by atoms with Crippen LogP contribution in [0, 0.1) is 5.82 Å². The highest BCUT2D eigenvalue weighted by molar-refractivity contribution is 6.30. The summed E-state index contributed by atoms with van der Waals surface area (Å²) in [6, 6.07) is 5.20. The summed E-state index contributed by atoms with van der Waals surface area (Å²) in [7, 11) is 0. The highest BCUT2D eigenvalue weighted by Gasteiger charge is 2.38. The monoisotopic (exact) mass is 308 g/mol. The van der Waals surface area contributed by atoms with Crippen molar-refractivity contribution in [2.75, 3.05) is 0 Å². The topological polar surface area (TPSA) is 38.1 Å². The molecule has 0 unspecified atom stereocenters. The van der Waals surface area contributed by atoms with Crippen LogP contribution in [-0.2, 0) is 19.3 Å². The van der Waals surface area contributed by atoms with E-state index >= 15 is 0 Å². The van der Waals surface area contributed by atoms with Crippen molar-refractivity contribution in [3.05, 3.63) is 52.1 Å². The first-order valence-corrected chi connectivity index (χ1v) is 5.88. The summed E-state index contributed by atoms with van der Waals surface area (Å²) in [5.74, 6) is -0.452. The molecule has 0 aliphatic carbocycles. The lowest BCUT2D eigenvalue weighted by atomic mass is 10.2. The summed E-state index contributed by atoms with van der Waals surface area (Å²) in [5.41, 5.74) is -1.15. The molecule has 0 amide bonds. The fraction of sp³-hybridized carbons (Fsp3) is 0.250. The van der Waals surface area contributed by atoms with Crippen molar-refractivity contribution in [1.29, 1.82) is 0 Å². The van der Waals surface area contributed by atoms with Crippen molar-refractivity contribution >= 4 is 11.6 Å². The summed E-state index contributed by atoms with van der Waals surface area (Å²) in [5, 5.41) is 12.1. The number of nitrogens with zero attached hydrogens (tertiary/aromatic N) is 2. The van der Waals surface area contributed by atoms with Gasteiger partial charge in [0, 0.05) is 5.56 Å². The Balaban J connectivity index is 2.38. The van der Waals surface area contributed by atoms with Crippen molar-refractivity contribution < 1.29 is 22.7 Å². The van der Waals surface area contributed by atoms with Crippen LogP contribution in [0.1, 0.15) is 16.8 Å². The van der Waals surface area contributed by atoms with E-state index in [1.165, 1.54) is 24.3 Å². The highest BCUT2D eigenvalue weighted by Crippen LogP contribution is 2.34. The second kappa shape index (κ2) is 5.41. The van der Waals surface area contributed by atoms with E-state index in [0.717, 1.165) is 4.68 Å². The molecule has 0 fully saturated rings. The van der Waals surface area contributed by atoms with Crippen molar-refractivity contribution in [3.8, 4) is 0 Å². The molecule has 8 heteroatoms. The molecule has 20 heavy (non-hydrogen) atoms. The van der Waals surface area contributed by atoms with Crippen LogP contribution in [0.15, 0.2) is 24.3 Å². The van der Waals surface area contributed by atoms with Crippen LogP contribution >= 0.6 is 11.6 Å². The molecule has 0 radical (unpaired) electrons. The van der Waals surface area contributed by atoms with Crippen LogP contribution in [0.3, 0.4) is 0 Å². The van der Waals surface area contributed by atoms with Crippen LogP contribution in [-0.4, -0.2) is 14.9 Å². The van der Waals surface area contributed by atoms with Crippen molar-refractivity contribution in [2.45, 2.75) is 19.3 Å². The Kier molecular flexibility index (Phi) is 4.01. The van der Waals surface area contributed by atoms with Gasteiger partial charge >= 0.3 is 6.18 Å². The fourth-order valence-corrected chi connectivity index (χ4v) is 1.96. The number of aromatic nitrogens is 2. The largest absolute Gasteiger partial charge is 0.435 e. The van der Waals surface area contributed by atoms with Gasteiger partial charge in [-0.05, 0) is 17.7 Å². The SMILES string of the molecule is OCc1c(C(F)(F)F)nn(Cc2ccc(F)cc2)c1Cl. The number of halogens is 5. The normalized spacial score (nSPS) is 11.9. The van der Waals surface area contributed by atoms with E-state index in [-0.39, 0.29) is 11.7 Å². The summed E-state index contributed by atoms with van der Waals surface area (Å²) in [6.07, 6.45) is -4.70. The number of hydrogen-bond acceptors (Lipinski definition) is 2. The number of aliphatic hydroxyl groups is 1. The molecule has 0 bridgehead atoms. The van der Waals surface area contributed by atoms with Crippen molar-refractivity contribution in [1.82, 2.24) is 9.78 Å². The van der Waals surface area contributed by atoms with Gasteiger partial charge in [0.1, 0.15) is 11.0 Å². The average Bonchev–Trinajstić information content (AvgIpc) is 2.69. The lowest BCUT2D eigenvalue weighted by Crippen LogP contribution is -2.10. The Morgan fingerprint density at radius 3 is 2.25 bits per heavy atom. The number of hydrogen-bond donors (Lipinski definition) is 1. The van der Waals surface area contributed by atoms with Crippen molar-refractivity contribution in [3.63, 3.8) is 0 Å². The van der Waals surface area contributed by atoms with Crippen molar-refractivity contribution in [2.24, 2.45) is 0 Å². The molecule has 3 nitrogen and oxygen atoms in total. The lowest BCUT2D eigenvalue weighted by Gasteiger charge is -2.04. The zero-order valence-corrected chi connectivity index (χ0v) is 10.7. The average molecular weight is 309 g/mol. The van der Waals surface area contributed by atoms with Gasteiger partial charge in [-0.2, -0.15) is 18.3 Å². The van der Waals surface area contributed by atoms with E-state index in [2.05, 4.69) is 5.10 Å². The second-order valence-corrected chi connectivity index (χ2v) is 4.42. The molecule has 0 spiro atoms. The summed E-state index contributed by atoms with van der Waals surface area (Å²) < 4.78 is 51.8. The Hall–Kier alpha value is -1.60. The number of alkyl halides is 3. The van der Waals surface area contributed by atoms with Crippen LogP contribution in [0.5, 0.6) is 0 Å². The van der Waals surface area contributed by atoms with Gasteiger partial charge in [0.25, 0.3) is 0 Å². The Labute approximate surface area is 116 Å². The molecule has 0 aliphatic heterocycles. The third-order valence-corrected chi connectivity index (χ3v) is 3.08. The van der Waals surface area contributed by atoms with E-state index in [1.807, 2.05) is 0 Å². The first kappa shape index (κ1) is 14.8. The zero-order valence-electron chi connectivity index (χ0n) is 9.96. The quantitative estimate of drug-likeness (QED) is 0.884. The molecule has 0 aliphatic rings. The minimum absolute atomic E-state index is 0.0534. The van der Waals surface area contributed by atoms with E-state index < -0.39 is 29.9 Å². The second-order valence-electron chi connectivity index (χ2n) is 4.06. The minimum atomic E-state index is -4.70. The maximum Gasteiger partial charge on any atom is 0.435 e. The molecule has 2 aromatic rings. The molecule has 0 atom stereocenters. The maximum atomic E-state index is 12.8. The van der Waals surface area contributed by atoms with E-state index in [1.54, 1.807) is 0 Å². The summed E-state index contributed by atoms with van der Waals surface area (Å²) in [6.45, 7) is -0.917. The van der Waals surface area contributed by atoms with Gasteiger partial charge in [0.05, 0.1) is 13.2 Å². The third-order valence-electron chi connectivity index (χ3n) is 2.65. The first-order chi connectivity index (χ1) is 9.32. The molecule has 2 rings (SSSR count). The van der Waals surface area contributed by atoms with Gasteiger partial charge in [0.2, 0.25) is 0 Å². The smallest absolute Gasteiger partial charge is 0.391 e. The van der Waals surface area contributed by atoms with Gasteiger partial charge < -0.3 is 5.11 Å². The number of benzene rings is 1. The Morgan fingerprint density at radius 1 is 1.20 bits per heavy atom. The molecular formula is C12H9ClF4N2O. The Bertz CT molecular complexity index is 607. The van der Waals surface area contributed by atoms with Crippen LogP contribution < -0.4 is 0 Å². The van der Waals surface area contributed by atoms with Gasteiger partial charge in [-0.15, -0.1) is 0 Å². The highest BCUT2D eigenvalue weighted by atomic mass is 35.5. The molecule has 1 aromatic heterocycles. The standard InChI is InChI=1S/C12H9ClF4N2O/c13-11-9(6-20)10(12(15,16)17)18-19(11)5-7-1-3-8(14)4-2-7/h1-4,20H,5-6H2. The van der Waals surface area contributed by atoms with E-state index in [0.29, 0.717) is 5.56 Å². The minimum Gasteiger partial charge on any atom is -0.391 e. The molecule has 0 saturated heterocycles. The van der Waals surface area contributed by atoms with Crippen LogP contribution in [0.2, 0.25) is 5.15 Å². The van der Waals surface area contributed by atoms with Gasteiger partial charge in [-0.3, -0.25) is 0 Å². The molecule has 1 N–H and O–H groups in total. The van der Waals surface area contributed by atoms with Gasteiger partial charge in [-0.1, -0.05) is 23.7 Å². The zero-order chi connectivity index (χ0) is 14.9. The predicted octanol–water partition coefficient (Wildman–Crippen LogP) is 3.24. The fourth-order valence-electron chi connectivity index (χ4n) is 1.71. The molecule has 1 heterocycles. The van der Waals surface area contributed by atoms with E-state index in [9.17, 15) is 17.6 Å².